The smallest absolute Gasteiger partial charge is 0.358 e. The van der Waals surface area contributed by atoms with Gasteiger partial charge >= 0.3 is 6.18 Å². The Labute approximate surface area is 125 Å². The molecule has 1 aromatic heterocycles. The number of thiocarbonyl (C=S) groups is 1. The van der Waals surface area contributed by atoms with Gasteiger partial charge < -0.3 is 10.6 Å². The van der Waals surface area contributed by atoms with Crippen LogP contribution in [0.15, 0.2) is 48.8 Å². The van der Waals surface area contributed by atoms with Gasteiger partial charge in [-0.3, -0.25) is 4.98 Å². The Morgan fingerprint density at radius 3 is 2.24 bits per heavy atom. The maximum atomic E-state index is 12.4. The number of benzene rings is 1. The molecule has 0 amide bonds. The van der Waals surface area contributed by atoms with E-state index in [1.54, 1.807) is 12.4 Å². The minimum absolute atomic E-state index is 0.339. The summed E-state index contributed by atoms with van der Waals surface area (Å²) in [5, 5.41) is 6.13. The largest absolute Gasteiger partial charge is 0.416 e. The Morgan fingerprint density at radius 2 is 1.67 bits per heavy atom. The highest BCUT2D eigenvalue weighted by Crippen LogP contribution is 2.29. The van der Waals surface area contributed by atoms with Crippen molar-refractivity contribution in [1.82, 2.24) is 10.3 Å². The van der Waals surface area contributed by atoms with Crippen LogP contribution in [-0.4, -0.2) is 10.1 Å². The second-order valence-electron chi connectivity index (χ2n) is 4.24. The Balaban J connectivity index is 1.88. The van der Waals surface area contributed by atoms with E-state index in [1.165, 1.54) is 12.1 Å². The summed E-state index contributed by atoms with van der Waals surface area (Å²) in [7, 11) is 0. The predicted octanol–water partition coefficient (Wildman–Crippen LogP) is 3.59. The Kier molecular flexibility index (Phi) is 4.74. The number of halogens is 3. The molecule has 1 heterocycles. The fourth-order valence-electron chi connectivity index (χ4n) is 1.60. The number of nitrogens with zero attached hydrogens (tertiary/aromatic N) is 1. The molecule has 0 fully saturated rings. The molecule has 0 radical (unpaired) electrons. The van der Waals surface area contributed by atoms with Gasteiger partial charge in [-0.05, 0) is 54.2 Å². The van der Waals surface area contributed by atoms with Crippen LogP contribution >= 0.6 is 12.2 Å². The minimum Gasteiger partial charge on any atom is -0.358 e. The van der Waals surface area contributed by atoms with Crippen molar-refractivity contribution in [3.8, 4) is 0 Å². The van der Waals surface area contributed by atoms with Crippen molar-refractivity contribution < 1.29 is 13.2 Å². The summed E-state index contributed by atoms with van der Waals surface area (Å²) in [6.07, 6.45) is -0.995. The van der Waals surface area contributed by atoms with Crippen molar-refractivity contribution in [3.63, 3.8) is 0 Å². The number of rotatable bonds is 3. The summed E-state index contributed by atoms with van der Waals surface area (Å²) < 4.78 is 37.3. The third-order valence-corrected chi connectivity index (χ3v) is 2.92. The lowest BCUT2D eigenvalue weighted by Gasteiger charge is -2.12. The van der Waals surface area contributed by atoms with Crippen LogP contribution in [0.2, 0.25) is 0 Å². The summed E-state index contributed by atoms with van der Waals surface area (Å²) in [5.74, 6) is 0. The highest BCUT2D eigenvalue weighted by atomic mass is 32.1. The first-order chi connectivity index (χ1) is 9.95. The van der Waals surface area contributed by atoms with Gasteiger partial charge in [0.05, 0.1) is 5.56 Å². The number of hydrogen-bond donors (Lipinski definition) is 2. The number of alkyl halides is 3. The van der Waals surface area contributed by atoms with Gasteiger partial charge in [-0.25, -0.2) is 0 Å². The molecule has 2 aromatic rings. The molecule has 110 valence electrons. The van der Waals surface area contributed by atoms with Crippen molar-refractivity contribution in [2.45, 2.75) is 12.7 Å². The molecule has 21 heavy (non-hydrogen) atoms. The highest BCUT2D eigenvalue weighted by molar-refractivity contribution is 7.80. The highest BCUT2D eigenvalue weighted by Gasteiger charge is 2.29. The van der Waals surface area contributed by atoms with E-state index in [-0.39, 0.29) is 0 Å². The van der Waals surface area contributed by atoms with Crippen LogP contribution in [0, 0.1) is 0 Å². The van der Waals surface area contributed by atoms with E-state index in [1.807, 2.05) is 12.1 Å². The van der Waals surface area contributed by atoms with Crippen LogP contribution in [0.5, 0.6) is 0 Å². The fraction of sp³-hybridized carbons (Fsp3) is 0.143. The maximum absolute atomic E-state index is 12.4. The second kappa shape index (κ2) is 6.53. The Bertz CT molecular complexity index is 597. The molecule has 0 atom stereocenters. The molecule has 0 aliphatic heterocycles. The van der Waals surface area contributed by atoms with Crippen LogP contribution in [0.4, 0.5) is 18.9 Å². The van der Waals surface area contributed by atoms with Crippen molar-refractivity contribution >= 4 is 23.0 Å². The average Bonchev–Trinajstić information content (AvgIpc) is 2.46. The summed E-state index contributed by atoms with van der Waals surface area (Å²) in [4.78, 5) is 3.90. The van der Waals surface area contributed by atoms with E-state index >= 15 is 0 Å². The molecule has 0 aliphatic carbocycles. The molecule has 0 saturated carbocycles. The standard InChI is InChI=1S/C14H12F3N3S/c15-14(16,17)11-1-3-12(4-2-11)20-13(21)19-9-10-5-7-18-8-6-10/h1-8H,9H2,(H2,19,20,21). The fourth-order valence-corrected chi connectivity index (χ4v) is 1.79. The lowest BCUT2D eigenvalue weighted by molar-refractivity contribution is -0.137. The number of aromatic nitrogens is 1. The second-order valence-corrected chi connectivity index (χ2v) is 4.65. The zero-order chi connectivity index (χ0) is 15.3. The van der Waals surface area contributed by atoms with E-state index in [0.29, 0.717) is 17.3 Å². The van der Waals surface area contributed by atoms with E-state index in [4.69, 9.17) is 12.2 Å². The van der Waals surface area contributed by atoms with Crippen molar-refractivity contribution in [2.24, 2.45) is 0 Å². The predicted molar refractivity (Wildman–Crippen MR) is 78.7 cm³/mol. The van der Waals surface area contributed by atoms with Gasteiger partial charge in [0.2, 0.25) is 0 Å². The SMILES string of the molecule is FC(F)(F)c1ccc(NC(=S)NCc2ccncc2)cc1. The third-order valence-electron chi connectivity index (χ3n) is 2.67. The third kappa shape index (κ3) is 4.71. The molecule has 0 bridgehead atoms. The molecule has 0 saturated heterocycles. The van der Waals surface area contributed by atoms with E-state index in [0.717, 1.165) is 17.7 Å². The Morgan fingerprint density at radius 1 is 1.05 bits per heavy atom. The lowest BCUT2D eigenvalue weighted by atomic mass is 10.2. The quantitative estimate of drug-likeness (QED) is 0.850. The molecule has 2 rings (SSSR count). The number of pyridine rings is 1. The van der Waals surface area contributed by atoms with Crippen LogP contribution in [0.25, 0.3) is 0 Å². The lowest BCUT2D eigenvalue weighted by Crippen LogP contribution is -2.27. The van der Waals surface area contributed by atoms with Gasteiger partial charge in [-0.15, -0.1) is 0 Å². The zero-order valence-electron chi connectivity index (χ0n) is 10.8. The van der Waals surface area contributed by atoms with Crippen LogP contribution < -0.4 is 10.6 Å². The average molecular weight is 311 g/mol. The molecular formula is C14H12F3N3S. The normalized spacial score (nSPS) is 11.0. The van der Waals surface area contributed by atoms with Gasteiger partial charge in [-0.2, -0.15) is 13.2 Å². The maximum Gasteiger partial charge on any atom is 0.416 e. The topological polar surface area (TPSA) is 37.0 Å². The van der Waals surface area contributed by atoms with Crippen molar-refractivity contribution in [2.75, 3.05) is 5.32 Å². The molecule has 0 spiro atoms. The molecule has 3 nitrogen and oxygen atoms in total. The van der Waals surface area contributed by atoms with Gasteiger partial charge in [0.1, 0.15) is 0 Å². The first-order valence-corrected chi connectivity index (χ1v) is 6.47. The van der Waals surface area contributed by atoms with E-state index in [9.17, 15) is 13.2 Å². The van der Waals surface area contributed by atoms with Crippen LogP contribution in [-0.2, 0) is 12.7 Å². The molecule has 0 unspecified atom stereocenters. The van der Waals surface area contributed by atoms with Crippen LogP contribution in [0.1, 0.15) is 11.1 Å². The zero-order valence-corrected chi connectivity index (χ0v) is 11.6. The molecule has 7 heteroatoms. The van der Waals surface area contributed by atoms with E-state index < -0.39 is 11.7 Å². The molecular weight excluding hydrogens is 299 g/mol. The monoisotopic (exact) mass is 311 g/mol. The summed E-state index contributed by atoms with van der Waals surface area (Å²) >= 11 is 5.08. The minimum atomic E-state index is -4.33. The summed E-state index contributed by atoms with van der Waals surface area (Å²) in [5.41, 5.74) is 0.806. The number of nitrogens with one attached hydrogen (secondary N) is 2. The molecule has 2 N–H and O–H groups in total. The molecule has 0 aliphatic rings. The van der Waals surface area contributed by atoms with Gasteiger partial charge in [-0.1, -0.05) is 0 Å². The van der Waals surface area contributed by atoms with Crippen LogP contribution in [0.3, 0.4) is 0 Å². The van der Waals surface area contributed by atoms with Gasteiger partial charge in [0.25, 0.3) is 0 Å². The van der Waals surface area contributed by atoms with Crippen molar-refractivity contribution in [3.05, 3.63) is 59.9 Å². The first-order valence-electron chi connectivity index (χ1n) is 6.06. The summed E-state index contributed by atoms with van der Waals surface area (Å²) in [6, 6.07) is 8.37. The number of hydrogen-bond acceptors (Lipinski definition) is 2. The van der Waals surface area contributed by atoms with Gasteiger partial charge in [0.15, 0.2) is 5.11 Å². The number of anilines is 1. The van der Waals surface area contributed by atoms with Gasteiger partial charge in [0, 0.05) is 24.6 Å². The molecule has 1 aromatic carbocycles. The first kappa shape index (κ1) is 15.2. The van der Waals surface area contributed by atoms with Crippen molar-refractivity contribution in [1.29, 1.82) is 0 Å². The van der Waals surface area contributed by atoms with E-state index in [2.05, 4.69) is 15.6 Å². The summed E-state index contributed by atoms with van der Waals surface area (Å²) in [6.45, 7) is 0.509. The Hall–Kier alpha value is -2.15.